The highest BCUT2D eigenvalue weighted by molar-refractivity contribution is 5.79. The molecule has 7 heteroatoms. The molecule has 0 unspecified atom stereocenters. The van der Waals surface area contributed by atoms with Crippen LogP contribution in [0.2, 0.25) is 0 Å². The highest BCUT2D eigenvalue weighted by Crippen LogP contribution is 2.20. The van der Waals surface area contributed by atoms with Crippen molar-refractivity contribution < 1.29 is 9.53 Å². The van der Waals surface area contributed by atoms with Crippen LogP contribution in [0.15, 0.2) is 54.6 Å². The lowest BCUT2D eigenvalue weighted by Gasteiger charge is -2.35. The molecule has 0 atom stereocenters. The summed E-state index contributed by atoms with van der Waals surface area (Å²) in [6, 6.07) is 17.8. The summed E-state index contributed by atoms with van der Waals surface area (Å²) >= 11 is 0. The van der Waals surface area contributed by atoms with Crippen LogP contribution in [0.3, 0.4) is 0 Å². The first kappa shape index (κ1) is 21.6. The van der Waals surface area contributed by atoms with Crippen LogP contribution in [0.25, 0.3) is 0 Å². The van der Waals surface area contributed by atoms with Crippen molar-refractivity contribution in [2.45, 2.75) is 20.3 Å². The Morgan fingerprint density at radius 3 is 2.31 bits per heavy atom. The number of carbonyl (C=O) groups excluding carboxylic acids is 1. The molecule has 0 saturated carbocycles. The molecule has 0 aliphatic carbocycles. The van der Waals surface area contributed by atoms with E-state index in [4.69, 9.17) is 9.72 Å². The van der Waals surface area contributed by atoms with Crippen molar-refractivity contribution in [1.29, 1.82) is 0 Å². The van der Waals surface area contributed by atoms with Gasteiger partial charge in [0.05, 0.1) is 13.5 Å². The zero-order valence-corrected chi connectivity index (χ0v) is 18.8. The third-order valence-electron chi connectivity index (χ3n) is 5.60. The van der Waals surface area contributed by atoms with Crippen LogP contribution in [0.1, 0.15) is 16.8 Å². The highest BCUT2D eigenvalue weighted by Gasteiger charge is 2.23. The van der Waals surface area contributed by atoms with E-state index in [0.717, 1.165) is 28.5 Å². The van der Waals surface area contributed by atoms with E-state index >= 15 is 0 Å². The smallest absolute Gasteiger partial charge is 0.227 e. The number of piperazine rings is 1. The monoisotopic (exact) mass is 431 g/mol. The number of anilines is 3. The first-order valence-electron chi connectivity index (χ1n) is 10.9. The number of ether oxygens (including phenoxy) is 1. The summed E-state index contributed by atoms with van der Waals surface area (Å²) < 4.78 is 5.18. The molecule has 1 amide bonds. The SMILES string of the molecule is COc1ccc(CC(=O)N2CCN(c3nc(C)cc(Nc4ccc(C)cc4)n3)CC2)cc1. The van der Waals surface area contributed by atoms with Crippen molar-refractivity contribution >= 4 is 23.4 Å². The van der Waals surface area contributed by atoms with Crippen molar-refractivity contribution in [2.24, 2.45) is 0 Å². The molecule has 1 N–H and O–H groups in total. The summed E-state index contributed by atoms with van der Waals surface area (Å²) in [4.78, 5) is 26.1. The molecule has 0 radical (unpaired) electrons. The molecule has 2 aromatic carbocycles. The van der Waals surface area contributed by atoms with Crippen LogP contribution in [0, 0.1) is 13.8 Å². The first-order chi connectivity index (χ1) is 15.5. The minimum Gasteiger partial charge on any atom is -0.497 e. The van der Waals surface area contributed by atoms with Gasteiger partial charge in [0, 0.05) is 43.6 Å². The van der Waals surface area contributed by atoms with E-state index in [1.165, 1.54) is 5.56 Å². The number of nitrogens with one attached hydrogen (secondary N) is 1. The van der Waals surface area contributed by atoms with Gasteiger partial charge < -0.3 is 19.9 Å². The Kier molecular flexibility index (Phi) is 6.54. The predicted octanol–water partition coefficient (Wildman–Crippen LogP) is 3.74. The zero-order chi connectivity index (χ0) is 22.5. The van der Waals surface area contributed by atoms with Gasteiger partial charge in [0.2, 0.25) is 11.9 Å². The summed E-state index contributed by atoms with van der Waals surface area (Å²) in [7, 11) is 1.64. The Morgan fingerprint density at radius 2 is 1.66 bits per heavy atom. The van der Waals surface area contributed by atoms with Gasteiger partial charge in [-0.05, 0) is 43.7 Å². The van der Waals surface area contributed by atoms with E-state index in [1.54, 1.807) is 7.11 Å². The molecule has 1 fully saturated rings. The van der Waals surface area contributed by atoms with Crippen molar-refractivity contribution in [3.63, 3.8) is 0 Å². The molecule has 2 heterocycles. The van der Waals surface area contributed by atoms with Crippen LogP contribution >= 0.6 is 0 Å². The summed E-state index contributed by atoms with van der Waals surface area (Å²) in [5.74, 6) is 2.40. The van der Waals surface area contributed by atoms with Gasteiger partial charge in [-0.25, -0.2) is 4.98 Å². The van der Waals surface area contributed by atoms with Gasteiger partial charge in [-0.1, -0.05) is 29.8 Å². The number of aromatic nitrogens is 2. The number of nitrogens with zero attached hydrogens (tertiary/aromatic N) is 4. The number of amides is 1. The normalized spacial score (nSPS) is 13.7. The lowest BCUT2D eigenvalue weighted by Crippen LogP contribution is -2.49. The summed E-state index contributed by atoms with van der Waals surface area (Å²) in [6.07, 6.45) is 0.398. The predicted molar refractivity (Wildman–Crippen MR) is 127 cm³/mol. The maximum atomic E-state index is 12.7. The largest absolute Gasteiger partial charge is 0.497 e. The van der Waals surface area contributed by atoms with E-state index in [1.807, 2.05) is 54.3 Å². The Hall–Kier alpha value is -3.61. The van der Waals surface area contributed by atoms with Crippen molar-refractivity contribution in [3.8, 4) is 5.75 Å². The molecule has 4 rings (SSSR count). The minimum atomic E-state index is 0.140. The maximum Gasteiger partial charge on any atom is 0.227 e. The first-order valence-corrected chi connectivity index (χ1v) is 10.9. The maximum absolute atomic E-state index is 12.7. The molecule has 1 saturated heterocycles. The minimum absolute atomic E-state index is 0.140. The Morgan fingerprint density at radius 1 is 0.969 bits per heavy atom. The van der Waals surface area contributed by atoms with Gasteiger partial charge in [0.1, 0.15) is 11.6 Å². The summed E-state index contributed by atoms with van der Waals surface area (Å²) in [6.45, 7) is 6.78. The van der Waals surface area contributed by atoms with Gasteiger partial charge in [0.25, 0.3) is 0 Å². The lowest BCUT2D eigenvalue weighted by molar-refractivity contribution is -0.130. The molecule has 1 aliphatic rings. The van der Waals surface area contributed by atoms with E-state index in [0.29, 0.717) is 38.5 Å². The van der Waals surface area contributed by atoms with Gasteiger partial charge in [0.15, 0.2) is 0 Å². The van der Waals surface area contributed by atoms with Crippen LogP contribution in [-0.2, 0) is 11.2 Å². The van der Waals surface area contributed by atoms with Crippen LogP contribution in [-0.4, -0.2) is 54.1 Å². The number of hydrogen-bond acceptors (Lipinski definition) is 6. The quantitative estimate of drug-likeness (QED) is 0.641. The molecular weight excluding hydrogens is 402 g/mol. The van der Waals surface area contributed by atoms with Gasteiger partial charge >= 0.3 is 0 Å². The number of rotatable bonds is 6. The number of aryl methyl sites for hydroxylation is 2. The van der Waals surface area contributed by atoms with E-state index in [2.05, 4.69) is 34.3 Å². The van der Waals surface area contributed by atoms with Gasteiger partial charge in [-0.3, -0.25) is 4.79 Å². The zero-order valence-electron chi connectivity index (χ0n) is 18.8. The highest BCUT2D eigenvalue weighted by atomic mass is 16.5. The molecule has 32 heavy (non-hydrogen) atoms. The van der Waals surface area contributed by atoms with E-state index < -0.39 is 0 Å². The number of carbonyl (C=O) groups is 1. The second-order valence-electron chi connectivity index (χ2n) is 8.08. The van der Waals surface area contributed by atoms with Gasteiger partial charge in [-0.2, -0.15) is 4.98 Å². The van der Waals surface area contributed by atoms with Crippen molar-refractivity contribution in [3.05, 3.63) is 71.4 Å². The third-order valence-corrected chi connectivity index (χ3v) is 5.60. The Labute approximate surface area is 189 Å². The molecular formula is C25H29N5O2. The fraction of sp³-hybridized carbons (Fsp3) is 0.320. The fourth-order valence-electron chi connectivity index (χ4n) is 3.73. The fourth-order valence-corrected chi connectivity index (χ4v) is 3.73. The second kappa shape index (κ2) is 9.68. The molecule has 166 valence electrons. The van der Waals surface area contributed by atoms with Crippen LogP contribution in [0.5, 0.6) is 5.75 Å². The number of methoxy groups -OCH3 is 1. The third kappa shape index (κ3) is 5.35. The average molecular weight is 432 g/mol. The van der Waals surface area contributed by atoms with E-state index in [-0.39, 0.29) is 5.91 Å². The van der Waals surface area contributed by atoms with Crippen molar-refractivity contribution in [1.82, 2.24) is 14.9 Å². The summed E-state index contributed by atoms with van der Waals surface area (Å²) in [5, 5.41) is 3.36. The van der Waals surface area contributed by atoms with Gasteiger partial charge in [-0.15, -0.1) is 0 Å². The Bertz CT molecular complexity index is 1060. The van der Waals surface area contributed by atoms with E-state index in [9.17, 15) is 4.79 Å². The lowest BCUT2D eigenvalue weighted by atomic mass is 10.1. The molecule has 0 spiro atoms. The molecule has 3 aromatic rings. The Balaban J connectivity index is 1.36. The molecule has 1 aliphatic heterocycles. The molecule has 1 aromatic heterocycles. The topological polar surface area (TPSA) is 70.6 Å². The molecule has 7 nitrogen and oxygen atoms in total. The second-order valence-corrected chi connectivity index (χ2v) is 8.08. The molecule has 0 bridgehead atoms. The standard InChI is InChI=1S/C25H29N5O2/c1-18-4-8-21(9-5-18)27-23-16-19(2)26-25(28-23)30-14-12-29(13-15-30)24(31)17-20-6-10-22(32-3)11-7-20/h4-11,16H,12-15,17H2,1-3H3,(H,26,27,28). The summed E-state index contributed by atoms with van der Waals surface area (Å²) in [5.41, 5.74) is 4.11. The van der Waals surface area contributed by atoms with Crippen LogP contribution in [0.4, 0.5) is 17.5 Å². The van der Waals surface area contributed by atoms with Crippen LogP contribution < -0.4 is 15.0 Å². The average Bonchev–Trinajstić information content (AvgIpc) is 2.81. The van der Waals surface area contributed by atoms with Crippen molar-refractivity contribution in [2.75, 3.05) is 43.5 Å². The number of benzene rings is 2. The number of hydrogen-bond donors (Lipinski definition) is 1.